The van der Waals surface area contributed by atoms with Gasteiger partial charge in [0, 0.05) is 0 Å². The Morgan fingerprint density at radius 3 is 2.53 bits per heavy atom. The van der Waals surface area contributed by atoms with Crippen molar-refractivity contribution in [2.24, 2.45) is 8.02 Å². The molecule has 1 saturated heterocycles. The van der Waals surface area contributed by atoms with Crippen LogP contribution < -0.4 is 15.6 Å². The van der Waals surface area contributed by atoms with Crippen molar-refractivity contribution in [2.75, 3.05) is 18.0 Å². The Bertz CT molecular complexity index is 682. The van der Waals surface area contributed by atoms with E-state index in [2.05, 4.69) is 12.9 Å². The van der Waals surface area contributed by atoms with E-state index < -0.39 is 19.2 Å². The molecule has 0 aliphatic carbocycles. The summed E-state index contributed by atoms with van der Waals surface area (Å²) in [5.41, 5.74) is 0.716. The standard InChI is InChI=1S/C11H12N4O3Se/c16-15(17)9-5-4-8(14-6-2-1-3-7-14)10-11(9)13-19(18)12-10/h4-5H,1-3,6-7H2. The molecular weight excluding hydrogens is 315 g/mol. The topological polar surface area (TPSA) is 88.2 Å². The Hall–Kier alpha value is -1.66. The molecule has 19 heavy (non-hydrogen) atoms. The van der Waals surface area contributed by atoms with Gasteiger partial charge in [-0.3, -0.25) is 0 Å². The molecule has 8 heteroatoms. The van der Waals surface area contributed by atoms with E-state index in [1.54, 1.807) is 6.07 Å². The van der Waals surface area contributed by atoms with Gasteiger partial charge in [-0.05, 0) is 0 Å². The maximum absolute atomic E-state index is 11.5. The van der Waals surface area contributed by atoms with Crippen molar-refractivity contribution in [1.82, 2.24) is 0 Å². The van der Waals surface area contributed by atoms with Gasteiger partial charge in [0.25, 0.3) is 0 Å². The van der Waals surface area contributed by atoms with Gasteiger partial charge in [-0.15, -0.1) is 0 Å². The number of piperidine rings is 1. The molecule has 1 fully saturated rings. The van der Waals surface area contributed by atoms with Gasteiger partial charge in [-0.2, -0.15) is 0 Å². The fourth-order valence-electron chi connectivity index (χ4n) is 2.45. The van der Waals surface area contributed by atoms with Crippen LogP contribution in [0, 0.1) is 10.1 Å². The average molecular weight is 327 g/mol. The average Bonchev–Trinajstić information content (AvgIpc) is 2.79. The zero-order chi connectivity index (χ0) is 13.4. The van der Waals surface area contributed by atoms with E-state index in [0.29, 0.717) is 5.36 Å². The number of nitrogens with zero attached hydrogens (tertiary/aromatic N) is 4. The van der Waals surface area contributed by atoms with Crippen LogP contribution in [0.1, 0.15) is 19.3 Å². The van der Waals surface area contributed by atoms with Gasteiger partial charge >= 0.3 is 113 Å². The van der Waals surface area contributed by atoms with Crippen molar-refractivity contribution in [3.63, 3.8) is 0 Å². The predicted molar refractivity (Wildman–Crippen MR) is 67.9 cm³/mol. The van der Waals surface area contributed by atoms with Crippen LogP contribution in [0.25, 0.3) is 0 Å². The molecule has 0 aromatic heterocycles. The summed E-state index contributed by atoms with van der Waals surface area (Å²) < 4.78 is 19.4. The van der Waals surface area contributed by atoms with E-state index in [1.165, 1.54) is 12.5 Å². The molecule has 2 aliphatic rings. The summed E-state index contributed by atoms with van der Waals surface area (Å²) in [7, 11) is 0. The van der Waals surface area contributed by atoms with Crippen molar-refractivity contribution >= 4 is 25.6 Å². The summed E-state index contributed by atoms with van der Waals surface area (Å²) in [6, 6.07) is 3.14. The zero-order valence-electron chi connectivity index (χ0n) is 10.1. The fourth-order valence-corrected chi connectivity index (χ4v) is 3.95. The van der Waals surface area contributed by atoms with Crippen LogP contribution in [-0.2, 0) is 3.83 Å². The molecule has 0 spiro atoms. The fraction of sp³-hybridized carbons (Fsp3) is 0.455. The summed E-state index contributed by atoms with van der Waals surface area (Å²) in [6.07, 6.45) is 3.39. The molecule has 3 rings (SSSR count). The quantitative estimate of drug-likeness (QED) is 0.443. The first kappa shape index (κ1) is 12.4. The molecule has 2 heterocycles. The second-order valence-corrected chi connectivity index (χ2v) is 6.25. The van der Waals surface area contributed by atoms with E-state index >= 15 is 0 Å². The first-order valence-electron chi connectivity index (χ1n) is 6.08. The number of nitro benzene ring substituents is 1. The monoisotopic (exact) mass is 328 g/mol. The summed E-state index contributed by atoms with van der Waals surface area (Å²) in [5, 5.41) is 11.6. The number of anilines is 1. The Morgan fingerprint density at radius 2 is 1.84 bits per heavy atom. The van der Waals surface area contributed by atoms with Gasteiger partial charge in [0.05, 0.1) is 0 Å². The Balaban J connectivity index is 2.17. The third-order valence-electron chi connectivity index (χ3n) is 3.34. The number of hydrogen-bond acceptors (Lipinski definition) is 4. The molecule has 0 amide bonds. The molecule has 0 radical (unpaired) electrons. The van der Waals surface area contributed by atoms with Crippen LogP contribution in [0.5, 0.6) is 0 Å². The summed E-state index contributed by atoms with van der Waals surface area (Å²) in [4.78, 5) is 12.6. The van der Waals surface area contributed by atoms with Crippen molar-refractivity contribution in [3.8, 4) is 0 Å². The Labute approximate surface area is 113 Å². The van der Waals surface area contributed by atoms with Gasteiger partial charge in [0.15, 0.2) is 0 Å². The van der Waals surface area contributed by atoms with Crippen LogP contribution in [0.3, 0.4) is 0 Å². The number of rotatable bonds is 2. The Morgan fingerprint density at radius 1 is 1.16 bits per heavy atom. The second-order valence-electron chi connectivity index (χ2n) is 4.52. The summed E-state index contributed by atoms with van der Waals surface area (Å²) in [6.45, 7) is 1.81. The summed E-state index contributed by atoms with van der Waals surface area (Å²) >= 11 is -2.68. The van der Waals surface area contributed by atoms with Crippen LogP contribution in [0.4, 0.5) is 11.4 Å². The van der Waals surface area contributed by atoms with E-state index in [9.17, 15) is 13.9 Å². The van der Waals surface area contributed by atoms with Crippen molar-refractivity contribution in [3.05, 3.63) is 33.0 Å². The number of benzene rings is 1. The van der Waals surface area contributed by atoms with Crippen LogP contribution in [0.2, 0.25) is 0 Å². The van der Waals surface area contributed by atoms with Crippen LogP contribution in [-0.4, -0.2) is 32.3 Å². The first-order valence-corrected chi connectivity index (χ1v) is 8.32. The van der Waals surface area contributed by atoms with Crippen LogP contribution in [0.15, 0.2) is 20.2 Å². The molecule has 0 bridgehead atoms. The van der Waals surface area contributed by atoms with Crippen molar-refractivity contribution in [1.29, 1.82) is 0 Å². The van der Waals surface area contributed by atoms with E-state index in [4.69, 9.17) is 0 Å². The predicted octanol–water partition coefficient (Wildman–Crippen LogP) is 0.253. The minimum absolute atomic E-state index is 0.110. The van der Waals surface area contributed by atoms with E-state index in [0.717, 1.165) is 31.6 Å². The molecular formula is C11H12N4O3Se. The summed E-state index contributed by atoms with van der Waals surface area (Å²) in [5.74, 6) is 0. The molecule has 0 saturated carbocycles. The van der Waals surface area contributed by atoms with Crippen molar-refractivity contribution < 1.29 is 8.76 Å². The van der Waals surface area contributed by atoms with Crippen molar-refractivity contribution in [2.45, 2.75) is 19.3 Å². The normalized spacial score (nSPS) is 21.5. The molecule has 1 unspecified atom stereocenters. The van der Waals surface area contributed by atoms with Gasteiger partial charge in [-0.25, -0.2) is 0 Å². The Kier molecular flexibility index (Phi) is 3.12. The van der Waals surface area contributed by atoms with Crippen LogP contribution >= 0.6 is 0 Å². The van der Waals surface area contributed by atoms with Gasteiger partial charge in [-0.1, -0.05) is 0 Å². The maximum atomic E-state index is 11.5. The molecule has 100 valence electrons. The third kappa shape index (κ3) is 2.17. The molecule has 1 aromatic rings. The SMILES string of the molecule is O=[N+]([O-])c1ccc(N2CCCCC2)c2c1=N[Se](=O)N=2. The zero-order valence-corrected chi connectivity index (χ0v) is 11.8. The molecule has 7 nitrogen and oxygen atoms in total. The van der Waals surface area contributed by atoms with Gasteiger partial charge < -0.3 is 0 Å². The van der Waals surface area contributed by atoms with E-state index in [-0.39, 0.29) is 11.0 Å². The second kappa shape index (κ2) is 4.79. The number of non-ortho nitro benzene ring substituents is 1. The molecule has 2 aliphatic heterocycles. The molecule has 1 atom stereocenters. The van der Waals surface area contributed by atoms with Gasteiger partial charge in [0.2, 0.25) is 0 Å². The third-order valence-corrected chi connectivity index (χ3v) is 4.76. The minimum atomic E-state index is -2.68. The molecule has 0 N–H and O–H groups in total. The first-order chi connectivity index (χ1) is 9.16. The molecule has 1 aromatic carbocycles. The number of fused-ring (bicyclic) bond motifs is 1. The number of hydrogen-bond donors (Lipinski definition) is 0. The van der Waals surface area contributed by atoms with E-state index in [1.807, 2.05) is 0 Å². The van der Waals surface area contributed by atoms with Gasteiger partial charge in [0.1, 0.15) is 0 Å². The number of nitro groups is 1.